The number of hydrogen-bond acceptors (Lipinski definition) is 2. The van der Waals surface area contributed by atoms with Gasteiger partial charge in [0.25, 0.3) is 0 Å². The van der Waals surface area contributed by atoms with Gasteiger partial charge in [0.15, 0.2) is 5.11 Å². The van der Waals surface area contributed by atoms with E-state index in [1.807, 2.05) is 0 Å². The summed E-state index contributed by atoms with van der Waals surface area (Å²) in [6.07, 6.45) is 7.96. The van der Waals surface area contributed by atoms with Gasteiger partial charge in [-0.2, -0.15) is 5.10 Å². The van der Waals surface area contributed by atoms with E-state index in [9.17, 15) is 0 Å². The number of nitrogens with zero attached hydrogens (tertiary/aromatic N) is 2. The van der Waals surface area contributed by atoms with E-state index in [0.717, 1.165) is 40.9 Å². The molecule has 7 rings (SSSR count). The van der Waals surface area contributed by atoms with Crippen LogP contribution in [0.4, 0.5) is 0 Å². The first-order chi connectivity index (χ1) is 14.7. The maximum atomic E-state index is 6.00. The molecule has 0 amide bonds. The molecule has 0 aromatic heterocycles. The lowest BCUT2D eigenvalue weighted by molar-refractivity contribution is -0.00782. The summed E-state index contributed by atoms with van der Waals surface area (Å²) in [5.74, 6) is 3.56. The minimum atomic E-state index is 0.165. The maximum Gasteiger partial charge on any atom is 0.190 e. The molecular weight excluding hydrogens is 386 g/mol. The van der Waals surface area contributed by atoms with E-state index >= 15 is 0 Å². The fraction of sp³-hybridized carbons (Fsp3) is 0.462. The monoisotopic (exact) mass is 415 g/mol. The lowest BCUT2D eigenvalue weighted by Crippen LogP contribution is -2.57. The highest BCUT2D eigenvalue weighted by Crippen LogP contribution is 2.53. The summed E-state index contributed by atoms with van der Waals surface area (Å²) in [5.41, 5.74) is 3.60. The molecule has 0 saturated heterocycles. The highest BCUT2D eigenvalue weighted by atomic mass is 32.1. The van der Waals surface area contributed by atoms with Gasteiger partial charge in [0.05, 0.1) is 11.8 Å². The molecule has 1 unspecified atom stereocenters. The molecule has 154 valence electrons. The van der Waals surface area contributed by atoms with Gasteiger partial charge in [0.1, 0.15) is 0 Å². The summed E-state index contributed by atoms with van der Waals surface area (Å²) in [6, 6.07) is 21.9. The van der Waals surface area contributed by atoms with Crippen molar-refractivity contribution in [3.63, 3.8) is 0 Å². The van der Waals surface area contributed by atoms with Gasteiger partial charge in [-0.15, -0.1) is 0 Å². The third-order valence-corrected chi connectivity index (χ3v) is 8.23. The Balaban J connectivity index is 1.27. The predicted octanol–water partition coefficient (Wildman–Crippen LogP) is 5.54. The van der Waals surface area contributed by atoms with E-state index in [4.69, 9.17) is 17.3 Å². The van der Waals surface area contributed by atoms with E-state index in [2.05, 4.69) is 71.0 Å². The molecule has 5 aliphatic rings. The lowest BCUT2D eigenvalue weighted by atomic mass is 9.54. The Hall–Kier alpha value is -2.20. The van der Waals surface area contributed by atoms with Gasteiger partial charge in [-0.3, -0.25) is 0 Å². The fourth-order valence-electron chi connectivity index (χ4n) is 6.81. The molecule has 4 bridgehead atoms. The Morgan fingerprint density at radius 2 is 1.43 bits per heavy atom. The van der Waals surface area contributed by atoms with Crippen LogP contribution >= 0.6 is 12.2 Å². The number of hydrogen-bond donors (Lipinski definition) is 1. The van der Waals surface area contributed by atoms with Crippen LogP contribution in [0.1, 0.15) is 55.7 Å². The Bertz CT molecular complexity index is 927. The van der Waals surface area contributed by atoms with Crippen LogP contribution in [0.25, 0.3) is 0 Å². The average molecular weight is 416 g/mol. The normalized spacial score (nSPS) is 34.1. The van der Waals surface area contributed by atoms with Crippen LogP contribution in [-0.4, -0.2) is 21.9 Å². The second-order valence-corrected chi connectivity index (χ2v) is 10.2. The van der Waals surface area contributed by atoms with Crippen molar-refractivity contribution in [3.05, 3.63) is 71.8 Å². The van der Waals surface area contributed by atoms with Gasteiger partial charge in [-0.25, -0.2) is 5.01 Å². The summed E-state index contributed by atoms with van der Waals surface area (Å²) < 4.78 is 0. The summed E-state index contributed by atoms with van der Waals surface area (Å²) in [4.78, 5) is 0. The molecule has 30 heavy (non-hydrogen) atoms. The van der Waals surface area contributed by atoms with Gasteiger partial charge in [-0.1, -0.05) is 60.7 Å². The molecule has 1 N–H and O–H groups in total. The van der Waals surface area contributed by atoms with E-state index in [1.54, 1.807) is 0 Å². The summed E-state index contributed by atoms with van der Waals surface area (Å²) >= 11 is 6.00. The first-order valence-corrected chi connectivity index (χ1v) is 11.9. The van der Waals surface area contributed by atoms with E-state index in [1.165, 1.54) is 43.2 Å². The van der Waals surface area contributed by atoms with Crippen molar-refractivity contribution in [1.29, 1.82) is 0 Å². The molecule has 1 atom stereocenters. The van der Waals surface area contributed by atoms with Gasteiger partial charge in [0, 0.05) is 12.5 Å². The predicted molar refractivity (Wildman–Crippen MR) is 125 cm³/mol. The quantitative estimate of drug-likeness (QED) is 0.667. The van der Waals surface area contributed by atoms with Crippen LogP contribution in [-0.2, 0) is 0 Å². The second kappa shape index (κ2) is 7.49. The van der Waals surface area contributed by atoms with E-state index < -0.39 is 0 Å². The minimum Gasteiger partial charge on any atom is -0.358 e. The smallest absolute Gasteiger partial charge is 0.190 e. The van der Waals surface area contributed by atoms with Gasteiger partial charge in [0.2, 0.25) is 0 Å². The third kappa shape index (κ3) is 3.26. The minimum absolute atomic E-state index is 0.165. The molecule has 3 nitrogen and oxygen atoms in total. The summed E-state index contributed by atoms with van der Waals surface area (Å²) in [6.45, 7) is 0. The van der Waals surface area contributed by atoms with Crippen molar-refractivity contribution >= 4 is 23.0 Å². The van der Waals surface area contributed by atoms with Crippen molar-refractivity contribution in [2.75, 3.05) is 0 Å². The highest BCUT2D eigenvalue weighted by Gasteiger charge is 2.49. The first kappa shape index (κ1) is 18.6. The molecule has 2 aromatic rings. The van der Waals surface area contributed by atoms with Crippen molar-refractivity contribution in [2.45, 2.75) is 50.6 Å². The zero-order chi connectivity index (χ0) is 20.1. The van der Waals surface area contributed by atoms with E-state index in [-0.39, 0.29) is 6.04 Å². The van der Waals surface area contributed by atoms with Crippen molar-refractivity contribution in [3.8, 4) is 0 Å². The molecule has 4 saturated carbocycles. The highest BCUT2D eigenvalue weighted by molar-refractivity contribution is 7.80. The lowest BCUT2D eigenvalue weighted by Gasteiger charge is -2.54. The number of benzene rings is 2. The Morgan fingerprint density at radius 1 is 0.833 bits per heavy atom. The van der Waals surface area contributed by atoms with Crippen molar-refractivity contribution in [2.24, 2.45) is 28.8 Å². The second-order valence-electron chi connectivity index (χ2n) is 9.79. The van der Waals surface area contributed by atoms with Crippen LogP contribution in [0, 0.1) is 23.7 Å². The summed E-state index contributed by atoms with van der Waals surface area (Å²) in [5, 5.41) is 11.8. The molecule has 2 aromatic carbocycles. The van der Waals surface area contributed by atoms with Crippen LogP contribution < -0.4 is 5.32 Å². The molecule has 0 spiro atoms. The van der Waals surface area contributed by atoms with Crippen molar-refractivity contribution < 1.29 is 0 Å². The standard InChI is InChI=1S/C26H29N3S/c30-26(27-25-21-12-17-11-18(14-21)15-22(25)13-17)29-24(20-9-5-2-6-10-20)16-23(28-29)19-7-3-1-4-8-19/h1-10,17-18,21-22,24-25H,11-16H2,(H,27,30). The zero-order valence-electron chi connectivity index (χ0n) is 17.3. The molecule has 4 heteroatoms. The number of hydrazone groups is 1. The van der Waals surface area contributed by atoms with Gasteiger partial charge < -0.3 is 5.32 Å². The zero-order valence-corrected chi connectivity index (χ0v) is 18.1. The van der Waals surface area contributed by atoms with Crippen LogP contribution in [0.2, 0.25) is 0 Å². The van der Waals surface area contributed by atoms with E-state index in [0.29, 0.717) is 6.04 Å². The molecular formula is C26H29N3S. The largest absolute Gasteiger partial charge is 0.358 e. The molecule has 1 heterocycles. The molecule has 0 radical (unpaired) electrons. The van der Waals surface area contributed by atoms with Crippen molar-refractivity contribution in [1.82, 2.24) is 10.3 Å². The fourth-order valence-corrected chi connectivity index (χ4v) is 7.11. The van der Waals surface area contributed by atoms with Gasteiger partial charge >= 0.3 is 0 Å². The van der Waals surface area contributed by atoms with Crippen LogP contribution in [0.15, 0.2) is 65.8 Å². The Kier molecular flexibility index (Phi) is 4.63. The average Bonchev–Trinajstić information content (AvgIpc) is 3.23. The SMILES string of the molecule is S=C(NC1C2CC3CC(C2)CC1C3)N1N=C(c2ccccc2)CC1c1ccccc1. The summed E-state index contributed by atoms with van der Waals surface area (Å²) in [7, 11) is 0. The van der Waals surface area contributed by atoms with Gasteiger partial charge in [-0.05, 0) is 79.1 Å². The first-order valence-electron chi connectivity index (χ1n) is 11.5. The number of thiocarbonyl (C=S) groups is 1. The number of rotatable bonds is 3. The Morgan fingerprint density at radius 3 is 2.07 bits per heavy atom. The number of nitrogens with one attached hydrogen (secondary N) is 1. The topological polar surface area (TPSA) is 27.6 Å². The maximum absolute atomic E-state index is 6.00. The van der Waals surface area contributed by atoms with Crippen LogP contribution in [0.3, 0.4) is 0 Å². The molecule has 1 aliphatic heterocycles. The Labute approximate surface area is 184 Å². The third-order valence-electron chi connectivity index (χ3n) is 7.93. The molecule has 4 aliphatic carbocycles. The molecule has 4 fully saturated rings. The van der Waals surface area contributed by atoms with Crippen LogP contribution in [0.5, 0.6) is 0 Å².